The molecule has 3 fully saturated rings. The number of nitrogens with zero attached hydrogens (tertiary/aromatic N) is 1. The van der Waals surface area contributed by atoms with Crippen molar-refractivity contribution >= 4 is 35.0 Å². The number of amides is 2. The Labute approximate surface area is 189 Å². The first-order valence-corrected chi connectivity index (χ1v) is 11.3. The van der Waals surface area contributed by atoms with Crippen LogP contribution in [0.15, 0.2) is 48.5 Å². The molecule has 2 aromatic rings. The third-order valence-corrected chi connectivity index (χ3v) is 7.80. The summed E-state index contributed by atoms with van der Waals surface area (Å²) in [5, 5.41) is 0.364. The number of carbonyl (C=O) groups is 4. The van der Waals surface area contributed by atoms with E-state index in [1.54, 1.807) is 48.5 Å². The summed E-state index contributed by atoms with van der Waals surface area (Å²) in [4.78, 5) is 56.0. The minimum absolute atomic E-state index is 0.196. The van der Waals surface area contributed by atoms with E-state index < -0.39 is 41.0 Å². The van der Waals surface area contributed by atoms with Crippen molar-refractivity contribution in [2.45, 2.75) is 43.4 Å². The molecule has 2 aliphatic heterocycles. The fourth-order valence-electron chi connectivity index (χ4n) is 6.05. The van der Waals surface area contributed by atoms with Crippen LogP contribution in [0, 0.1) is 11.8 Å². The topological polar surface area (TPSA) is 80.8 Å². The first-order valence-electron chi connectivity index (χ1n) is 10.9. The van der Waals surface area contributed by atoms with E-state index in [1.165, 1.54) is 4.90 Å². The second kappa shape index (κ2) is 6.83. The average molecular weight is 450 g/mol. The van der Waals surface area contributed by atoms with Gasteiger partial charge in [0.15, 0.2) is 0 Å². The second-order valence-corrected chi connectivity index (χ2v) is 9.39. The van der Waals surface area contributed by atoms with Gasteiger partial charge in [-0.2, -0.15) is 0 Å². The standard InChI is InChI=1S/C25H20ClNO5/c26-17-12-6-5-11-16(17)20-18-19(24(31)27(23(18)30)13-7-1-2-8-13)25(32-20)21(28)14-9-3-4-10-15(14)22(25)29/h3-6,9-13,18-20H,1-2,7-8H2/t18-,19+,20+/m0/s1. The van der Waals surface area contributed by atoms with Crippen LogP contribution in [0.4, 0.5) is 0 Å². The molecule has 0 aromatic heterocycles. The van der Waals surface area contributed by atoms with Crippen molar-refractivity contribution in [1.82, 2.24) is 4.90 Å². The Kier molecular flexibility index (Phi) is 4.23. The molecule has 6 nitrogen and oxygen atoms in total. The highest BCUT2D eigenvalue weighted by molar-refractivity contribution is 6.35. The van der Waals surface area contributed by atoms with Crippen LogP contribution in [0.5, 0.6) is 0 Å². The Morgan fingerprint density at radius 3 is 2.06 bits per heavy atom. The van der Waals surface area contributed by atoms with Gasteiger partial charge in [-0.15, -0.1) is 0 Å². The van der Waals surface area contributed by atoms with Gasteiger partial charge in [0, 0.05) is 27.8 Å². The summed E-state index contributed by atoms with van der Waals surface area (Å²) in [5.41, 5.74) is -1.06. The molecule has 0 bridgehead atoms. The Balaban J connectivity index is 1.54. The predicted molar refractivity (Wildman–Crippen MR) is 114 cm³/mol. The summed E-state index contributed by atoms with van der Waals surface area (Å²) in [6, 6.07) is 13.2. The zero-order valence-electron chi connectivity index (χ0n) is 17.1. The lowest BCUT2D eigenvalue weighted by atomic mass is 9.77. The minimum Gasteiger partial charge on any atom is -0.349 e. The highest BCUT2D eigenvalue weighted by Crippen LogP contribution is 2.58. The van der Waals surface area contributed by atoms with E-state index in [1.807, 2.05) is 0 Å². The molecule has 1 saturated carbocycles. The van der Waals surface area contributed by atoms with Crippen LogP contribution < -0.4 is 0 Å². The minimum atomic E-state index is -2.03. The van der Waals surface area contributed by atoms with E-state index in [9.17, 15) is 19.2 Å². The van der Waals surface area contributed by atoms with E-state index in [2.05, 4.69) is 0 Å². The average Bonchev–Trinajstić information content (AvgIpc) is 3.53. The van der Waals surface area contributed by atoms with Crippen LogP contribution in [-0.4, -0.2) is 39.9 Å². The van der Waals surface area contributed by atoms with Gasteiger partial charge < -0.3 is 4.74 Å². The van der Waals surface area contributed by atoms with E-state index >= 15 is 0 Å². The third-order valence-electron chi connectivity index (χ3n) is 7.45. The Hall–Kier alpha value is -2.83. The number of halogens is 1. The van der Waals surface area contributed by atoms with E-state index in [0.717, 1.165) is 25.7 Å². The van der Waals surface area contributed by atoms with Crippen LogP contribution in [0.2, 0.25) is 5.02 Å². The molecule has 2 amide bonds. The molecule has 2 heterocycles. The Morgan fingerprint density at radius 1 is 0.844 bits per heavy atom. The molecular formula is C25H20ClNO5. The molecule has 0 unspecified atom stereocenters. The van der Waals surface area contributed by atoms with Gasteiger partial charge in [-0.05, 0) is 18.9 Å². The van der Waals surface area contributed by atoms with Crippen molar-refractivity contribution in [3.8, 4) is 0 Å². The van der Waals surface area contributed by atoms with Gasteiger partial charge in [0.2, 0.25) is 29.0 Å². The molecule has 32 heavy (non-hydrogen) atoms. The summed E-state index contributed by atoms with van der Waals surface area (Å²) in [6.45, 7) is 0. The van der Waals surface area contributed by atoms with E-state index in [0.29, 0.717) is 10.6 Å². The molecule has 4 aliphatic rings. The fourth-order valence-corrected chi connectivity index (χ4v) is 6.29. The maximum Gasteiger partial charge on any atom is 0.237 e. The highest BCUT2D eigenvalue weighted by atomic mass is 35.5. The maximum absolute atomic E-state index is 13.7. The van der Waals surface area contributed by atoms with Crippen molar-refractivity contribution in [3.63, 3.8) is 0 Å². The smallest absolute Gasteiger partial charge is 0.237 e. The second-order valence-electron chi connectivity index (χ2n) is 8.99. The lowest BCUT2D eigenvalue weighted by Gasteiger charge is -2.29. The zero-order chi connectivity index (χ0) is 22.2. The van der Waals surface area contributed by atoms with Crippen LogP contribution in [0.3, 0.4) is 0 Å². The number of imide groups is 1. The molecule has 0 radical (unpaired) electrons. The third kappa shape index (κ3) is 2.34. The predicted octanol–water partition coefficient (Wildman–Crippen LogP) is 3.77. The van der Waals surface area contributed by atoms with Crippen molar-refractivity contribution in [2.24, 2.45) is 11.8 Å². The summed E-state index contributed by atoms with van der Waals surface area (Å²) in [7, 11) is 0. The molecule has 3 atom stereocenters. The highest BCUT2D eigenvalue weighted by Gasteiger charge is 2.75. The van der Waals surface area contributed by atoms with E-state index in [-0.39, 0.29) is 23.1 Å². The number of fused-ring (bicyclic) bond motifs is 3. The molecule has 162 valence electrons. The van der Waals surface area contributed by atoms with Crippen LogP contribution in [0.25, 0.3) is 0 Å². The van der Waals surface area contributed by atoms with Crippen molar-refractivity contribution < 1.29 is 23.9 Å². The summed E-state index contributed by atoms with van der Waals surface area (Å²) < 4.78 is 6.25. The van der Waals surface area contributed by atoms with Gasteiger partial charge in [-0.3, -0.25) is 24.1 Å². The number of hydrogen-bond acceptors (Lipinski definition) is 5. The SMILES string of the molecule is O=C1[C@@H]2[C@@H](c3ccccc3Cl)OC3(C(=O)c4ccccc4C3=O)[C@H]2C(=O)N1C1CCCC1. The van der Waals surface area contributed by atoms with Crippen molar-refractivity contribution in [3.05, 3.63) is 70.2 Å². The van der Waals surface area contributed by atoms with Crippen LogP contribution in [0.1, 0.15) is 58.1 Å². The van der Waals surface area contributed by atoms with Crippen LogP contribution in [-0.2, 0) is 14.3 Å². The molecule has 6 rings (SSSR count). The van der Waals surface area contributed by atoms with Crippen molar-refractivity contribution in [1.29, 1.82) is 0 Å². The molecule has 2 aliphatic carbocycles. The van der Waals surface area contributed by atoms with Gasteiger partial charge >= 0.3 is 0 Å². The molecule has 2 saturated heterocycles. The maximum atomic E-state index is 13.7. The number of hydrogen-bond donors (Lipinski definition) is 0. The largest absolute Gasteiger partial charge is 0.349 e. The summed E-state index contributed by atoms with van der Waals surface area (Å²) in [6.07, 6.45) is 2.40. The lowest BCUT2D eigenvalue weighted by molar-refractivity contribution is -0.147. The number of ether oxygens (including phenoxy) is 1. The monoisotopic (exact) mass is 449 g/mol. The van der Waals surface area contributed by atoms with Gasteiger partial charge in [0.05, 0.1) is 17.9 Å². The Bertz CT molecular complexity index is 1170. The molecule has 7 heteroatoms. The van der Waals surface area contributed by atoms with E-state index in [4.69, 9.17) is 16.3 Å². The number of likely N-dealkylation sites (tertiary alicyclic amines) is 1. The fraction of sp³-hybridized carbons (Fsp3) is 0.360. The van der Waals surface area contributed by atoms with Gasteiger partial charge in [0.25, 0.3) is 0 Å². The van der Waals surface area contributed by atoms with Crippen LogP contribution >= 0.6 is 11.6 Å². The number of ketones is 2. The van der Waals surface area contributed by atoms with Gasteiger partial charge in [-0.25, -0.2) is 0 Å². The molecule has 2 aromatic carbocycles. The Morgan fingerprint density at radius 2 is 1.44 bits per heavy atom. The molecule has 1 spiro atoms. The number of benzene rings is 2. The number of Topliss-reactive ketones (excluding diaryl/α,β-unsaturated/α-hetero) is 2. The molecular weight excluding hydrogens is 430 g/mol. The molecule has 0 N–H and O–H groups in total. The summed E-state index contributed by atoms with van der Waals surface area (Å²) >= 11 is 6.44. The first-order chi connectivity index (χ1) is 15.5. The van der Waals surface area contributed by atoms with Gasteiger partial charge in [0.1, 0.15) is 0 Å². The lowest BCUT2D eigenvalue weighted by Crippen LogP contribution is -2.51. The van der Waals surface area contributed by atoms with Gasteiger partial charge in [-0.1, -0.05) is 66.9 Å². The summed E-state index contributed by atoms with van der Waals surface area (Å²) in [5.74, 6) is -4.09. The van der Waals surface area contributed by atoms with Crippen molar-refractivity contribution in [2.75, 3.05) is 0 Å². The number of rotatable bonds is 2. The first kappa shape index (κ1) is 19.8. The normalized spacial score (nSPS) is 28.8. The number of carbonyl (C=O) groups excluding carboxylic acids is 4. The zero-order valence-corrected chi connectivity index (χ0v) is 17.9. The quantitative estimate of drug-likeness (QED) is 0.515.